The Balaban J connectivity index is 2.05. The highest BCUT2D eigenvalue weighted by Crippen LogP contribution is 2.40. The second-order valence-corrected chi connectivity index (χ2v) is 11.4. The maximum Gasteiger partial charge on any atom is 0.421 e. The lowest BCUT2D eigenvalue weighted by Crippen LogP contribution is -2.16. The summed E-state index contributed by atoms with van der Waals surface area (Å²) < 4.78 is 59.4. The summed E-state index contributed by atoms with van der Waals surface area (Å²) in [6.45, 7) is 6.52. The molecular formula is C23H24F3N4O4P. The molecule has 8 nitrogen and oxygen atoms in total. The van der Waals surface area contributed by atoms with E-state index in [2.05, 4.69) is 20.6 Å². The van der Waals surface area contributed by atoms with Crippen LogP contribution in [0.15, 0.2) is 48.7 Å². The number of anilines is 4. The lowest BCUT2D eigenvalue weighted by molar-refractivity contribution is -0.137. The van der Waals surface area contributed by atoms with E-state index >= 15 is 0 Å². The molecule has 0 aliphatic carbocycles. The molecule has 2 aromatic carbocycles. The molecule has 186 valence electrons. The Labute approximate surface area is 199 Å². The fourth-order valence-electron chi connectivity index (χ4n) is 3.15. The highest BCUT2D eigenvalue weighted by atomic mass is 31.2. The number of aromatic nitrogens is 2. The zero-order valence-corrected chi connectivity index (χ0v) is 20.2. The van der Waals surface area contributed by atoms with E-state index in [0.717, 1.165) is 0 Å². The number of benzene rings is 2. The summed E-state index contributed by atoms with van der Waals surface area (Å²) in [6, 6.07) is 10.4. The van der Waals surface area contributed by atoms with E-state index in [9.17, 15) is 27.6 Å². The molecule has 0 aliphatic rings. The van der Waals surface area contributed by atoms with Crippen molar-refractivity contribution in [1.29, 1.82) is 0 Å². The highest BCUT2D eigenvalue weighted by molar-refractivity contribution is 7.70. The molecule has 35 heavy (non-hydrogen) atoms. The molecule has 0 aliphatic heterocycles. The number of ether oxygens (including phenoxy) is 1. The van der Waals surface area contributed by atoms with Gasteiger partial charge in [0.1, 0.15) is 24.3 Å². The number of para-hydroxylation sites is 1. The van der Waals surface area contributed by atoms with E-state index in [1.165, 1.54) is 37.6 Å². The van der Waals surface area contributed by atoms with Gasteiger partial charge in [0, 0.05) is 11.5 Å². The molecule has 0 unspecified atom stereocenters. The largest absolute Gasteiger partial charge is 0.489 e. The van der Waals surface area contributed by atoms with Gasteiger partial charge in [0.15, 0.2) is 0 Å². The number of nitrogens with one attached hydrogen (secondary N) is 2. The maximum absolute atomic E-state index is 13.7. The molecule has 0 bridgehead atoms. The average Bonchev–Trinajstić information content (AvgIpc) is 2.73. The summed E-state index contributed by atoms with van der Waals surface area (Å²) in [6.07, 6.45) is -4.43. The van der Waals surface area contributed by atoms with Crippen molar-refractivity contribution in [1.82, 2.24) is 9.97 Å². The lowest BCUT2D eigenvalue weighted by Gasteiger charge is -2.19. The maximum atomic E-state index is 13.7. The average molecular weight is 508 g/mol. The minimum atomic E-state index is -4.76. The molecule has 3 rings (SSSR count). The van der Waals surface area contributed by atoms with Crippen LogP contribution in [-0.2, 0) is 10.7 Å². The fourth-order valence-corrected chi connectivity index (χ4v) is 4.31. The van der Waals surface area contributed by atoms with Gasteiger partial charge in [-0.15, -0.1) is 0 Å². The SMILES string of the molecule is CC(C)Oc1cc(C(=O)O)ccc1Nc1ncc(C(F)(F)F)c(Nc2ccccc2P(C)(C)=O)n1. The molecule has 0 spiro atoms. The van der Waals surface area contributed by atoms with Gasteiger partial charge in [-0.25, -0.2) is 9.78 Å². The second kappa shape index (κ2) is 9.95. The summed E-state index contributed by atoms with van der Waals surface area (Å²) in [4.78, 5) is 19.1. The van der Waals surface area contributed by atoms with Crippen molar-refractivity contribution >= 4 is 41.6 Å². The van der Waals surface area contributed by atoms with Crippen molar-refractivity contribution in [3.63, 3.8) is 0 Å². The third kappa shape index (κ3) is 6.51. The quantitative estimate of drug-likeness (QED) is 0.332. The molecule has 0 amide bonds. The van der Waals surface area contributed by atoms with Crippen molar-refractivity contribution in [2.75, 3.05) is 24.0 Å². The summed E-state index contributed by atoms with van der Waals surface area (Å²) >= 11 is 0. The van der Waals surface area contributed by atoms with Crippen LogP contribution in [0.25, 0.3) is 0 Å². The van der Waals surface area contributed by atoms with Crippen molar-refractivity contribution < 1.29 is 32.4 Å². The van der Waals surface area contributed by atoms with E-state index in [4.69, 9.17) is 4.74 Å². The molecule has 1 aromatic heterocycles. The van der Waals surface area contributed by atoms with Crippen LogP contribution in [0.2, 0.25) is 0 Å². The van der Waals surface area contributed by atoms with Gasteiger partial charge in [-0.3, -0.25) is 0 Å². The van der Waals surface area contributed by atoms with Crippen LogP contribution in [0.1, 0.15) is 29.8 Å². The Bertz CT molecular complexity index is 1290. The monoisotopic (exact) mass is 508 g/mol. The van der Waals surface area contributed by atoms with E-state index in [1.807, 2.05) is 0 Å². The Morgan fingerprint density at radius 1 is 1.09 bits per heavy atom. The molecule has 0 radical (unpaired) electrons. The molecule has 0 saturated carbocycles. The highest BCUT2D eigenvalue weighted by Gasteiger charge is 2.36. The molecule has 0 saturated heterocycles. The normalized spacial score (nSPS) is 11.9. The van der Waals surface area contributed by atoms with Gasteiger partial charge in [0.2, 0.25) is 5.95 Å². The molecule has 3 aromatic rings. The topological polar surface area (TPSA) is 113 Å². The third-order valence-corrected chi connectivity index (χ3v) is 6.22. The number of rotatable bonds is 8. The van der Waals surface area contributed by atoms with Crippen LogP contribution < -0.4 is 20.7 Å². The number of hydrogen-bond acceptors (Lipinski definition) is 7. The van der Waals surface area contributed by atoms with E-state index in [-0.39, 0.29) is 34.7 Å². The van der Waals surface area contributed by atoms with Gasteiger partial charge in [-0.2, -0.15) is 18.2 Å². The van der Waals surface area contributed by atoms with E-state index in [0.29, 0.717) is 11.5 Å². The van der Waals surface area contributed by atoms with Crippen molar-refractivity contribution in [2.45, 2.75) is 26.1 Å². The number of carboxylic acid groups (broad SMARTS) is 1. The fraction of sp³-hybridized carbons (Fsp3) is 0.261. The minimum absolute atomic E-state index is 0.0259. The first-order chi connectivity index (χ1) is 16.3. The summed E-state index contributed by atoms with van der Waals surface area (Å²) in [5.41, 5.74) is -0.645. The van der Waals surface area contributed by atoms with Crippen LogP contribution in [0.3, 0.4) is 0 Å². The summed E-state index contributed by atoms with van der Waals surface area (Å²) in [5.74, 6) is -1.72. The first-order valence-electron chi connectivity index (χ1n) is 10.4. The van der Waals surface area contributed by atoms with Gasteiger partial charge in [0.05, 0.1) is 23.0 Å². The van der Waals surface area contributed by atoms with Crippen LogP contribution >= 0.6 is 7.14 Å². The zero-order chi connectivity index (χ0) is 26.0. The van der Waals surface area contributed by atoms with Gasteiger partial charge in [-0.1, -0.05) is 12.1 Å². The van der Waals surface area contributed by atoms with Gasteiger partial charge < -0.3 is 25.0 Å². The van der Waals surface area contributed by atoms with Crippen molar-refractivity contribution in [3.8, 4) is 5.75 Å². The molecule has 0 fully saturated rings. The number of aromatic carboxylic acids is 1. The Morgan fingerprint density at radius 2 is 1.77 bits per heavy atom. The van der Waals surface area contributed by atoms with E-state index in [1.54, 1.807) is 32.0 Å². The van der Waals surface area contributed by atoms with Gasteiger partial charge in [-0.05, 0) is 57.5 Å². The van der Waals surface area contributed by atoms with Crippen LogP contribution in [0.5, 0.6) is 5.75 Å². The minimum Gasteiger partial charge on any atom is -0.489 e. The van der Waals surface area contributed by atoms with Crippen molar-refractivity contribution in [3.05, 3.63) is 59.8 Å². The Hall–Kier alpha value is -3.59. The number of carboxylic acids is 1. The third-order valence-electron chi connectivity index (χ3n) is 4.67. The Morgan fingerprint density at radius 3 is 2.37 bits per heavy atom. The number of nitrogens with zero attached hydrogens (tertiary/aromatic N) is 2. The van der Waals surface area contributed by atoms with Crippen molar-refractivity contribution in [2.24, 2.45) is 0 Å². The van der Waals surface area contributed by atoms with Crippen LogP contribution in [0.4, 0.5) is 36.3 Å². The summed E-state index contributed by atoms with van der Waals surface area (Å²) in [5, 5.41) is 15.1. The smallest absolute Gasteiger partial charge is 0.421 e. The lowest BCUT2D eigenvalue weighted by atomic mass is 10.2. The Kier molecular flexibility index (Phi) is 7.40. The molecule has 0 atom stereocenters. The molecular weight excluding hydrogens is 484 g/mol. The standard InChI is InChI=1S/C23H24F3N4O4P/c1-13(2)34-18-11-14(21(31)32)9-10-16(18)29-22-27-12-15(23(24,25)26)20(30-22)28-17-7-5-6-8-19(17)35(3,4)33/h5-13H,1-4H3,(H,31,32)(H2,27,28,29,30). The molecule has 3 N–H and O–H groups in total. The predicted molar refractivity (Wildman–Crippen MR) is 128 cm³/mol. The number of halogens is 3. The zero-order valence-electron chi connectivity index (χ0n) is 19.3. The molecule has 12 heteroatoms. The first kappa shape index (κ1) is 26.0. The number of hydrogen-bond donors (Lipinski definition) is 3. The van der Waals surface area contributed by atoms with Crippen LogP contribution in [0, 0.1) is 0 Å². The summed E-state index contributed by atoms with van der Waals surface area (Å²) in [7, 11) is -2.82. The van der Waals surface area contributed by atoms with Gasteiger partial charge >= 0.3 is 12.1 Å². The first-order valence-corrected chi connectivity index (χ1v) is 13.0. The number of alkyl halides is 3. The molecule has 1 heterocycles. The van der Waals surface area contributed by atoms with Crippen LogP contribution in [-0.4, -0.2) is 40.5 Å². The second-order valence-electron chi connectivity index (χ2n) is 8.25. The van der Waals surface area contributed by atoms with E-state index < -0.39 is 30.7 Å². The van der Waals surface area contributed by atoms with Gasteiger partial charge in [0.25, 0.3) is 0 Å². The predicted octanol–water partition coefficient (Wildman–Crippen LogP) is 5.72. The number of carbonyl (C=O) groups is 1.